The lowest BCUT2D eigenvalue weighted by Crippen LogP contribution is -2.14. The molecule has 0 aliphatic carbocycles. The second-order valence-electron chi connectivity index (χ2n) is 5.54. The van der Waals surface area contributed by atoms with Crippen molar-refractivity contribution in [1.29, 1.82) is 0 Å². The third-order valence-electron chi connectivity index (χ3n) is 3.76. The van der Waals surface area contributed by atoms with E-state index in [0.29, 0.717) is 27.4 Å². The molecule has 0 aliphatic heterocycles. The first-order chi connectivity index (χ1) is 13.1. The van der Waals surface area contributed by atoms with Gasteiger partial charge < -0.3 is 0 Å². The second-order valence-corrected chi connectivity index (χ2v) is 6.40. The first-order valence-corrected chi connectivity index (χ1v) is 8.71. The van der Waals surface area contributed by atoms with Crippen molar-refractivity contribution in [3.8, 4) is 11.3 Å². The molecule has 0 aliphatic rings. The third kappa shape index (κ3) is 3.48. The number of carbonyl (C=O) groups excluding carboxylic acids is 1. The SMILES string of the molecule is O=C(Nc1nc(-c2cccc([N+](=O)[O-])c2)cs1)c1cnc2ccccc2n1. The van der Waals surface area contributed by atoms with Crippen LogP contribution in [0.1, 0.15) is 10.5 Å². The number of nitro groups is 1. The zero-order valence-corrected chi connectivity index (χ0v) is 14.5. The summed E-state index contributed by atoms with van der Waals surface area (Å²) in [6.45, 7) is 0. The van der Waals surface area contributed by atoms with E-state index >= 15 is 0 Å². The van der Waals surface area contributed by atoms with E-state index in [1.165, 1.54) is 29.7 Å². The molecule has 0 radical (unpaired) electrons. The Morgan fingerprint density at radius 3 is 2.70 bits per heavy atom. The number of nitrogens with one attached hydrogen (secondary N) is 1. The molecule has 1 amide bonds. The number of nitrogens with zero attached hydrogens (tertiary/aromatic N) is 4. The van der Waals surface area contributed by atoms with E-state index in [0.717, 1.165) is 0 Å². The van der Waals surface area contributed by atoms with Crippen LogP contribution in [0.15, 0.2) is 60.1 Å². The lowest BCUT2D eigenvalue weighted by molar-refractivity contribution is -0.384. The molecule has 9 heteroatoms. The number of rotatable bonds is 4. The highest BCUT2D eigenvalue weighted by atomic mass is 32.1. The van der Waals surface area contributed by atoms with Crippen molar-refractivity contribution in [2.45, 2.75) is 0 Å². The largest absolute Gasteiger partial charge is 0.296 e. The number of hydrogen-bond acceptors (Lipinski definition) is 7. The van der Waals surface area contributed by atoms with Gasteiger partial charge in [-0.1, -0.05) is 24.3 Å². The highest BCUT2D eigenvalue weighted by Gasteiger charge is 2.14. The van der Waals surface area contributed by atoms with Crippen LogP contribution in [-0.2, 0) is 0 Å². The minimum Gasteiger partial charge on any atom is -0.296 e. The zero-order chi connectivity index (χ0) is 18.8. The summed E-state index contributed by atoms with van der Waals surface area (Å²) in [6.07, 6.45) is 1.41. The number of nitro benzene ring substituents is 1. The van der Waals surface area contributed by atoms with Crippen molar-refractivity contribution in [3.05, 3.63) is 75.9 Å². The van der Waals surface area contributed by atoms with Crippen molar-refractivity contribution in [2.24, 2.45) is 0 Å². The monoisotopic (exact) mass is 377 g/mol. The number of anilines is 1. The van der Waals surface area contributed by atoms with Gasteiger partial charge in [-0.25, -0.2) is 9.97 Å². The van der Waals surface area contributed by atoms with Crippen molar-refractivity contribution in [1.82, 2.24) is 15.0 Å². The van der Waals surface area contributed by atoms with Gasteiger partial charge in [0.25, 0.3) is 11.6 Å². The van der Waals surface area contributed by atoms with Crippen molar-refractivity contribution in [3.63, 3.8) is 0 Å². The summed E-state index contributed by atoms with van der Waals surface area (Å²) in [5, 5.41) is 15.7. The molecule has 0 atom stereocenters. The maximum Gasteiger partial charge on any atom is 0.277 e. The Hall–Kier alpha value is -3.72. The summed E-state index contributed by atoms with van der Waals surface area (Å²) in [5.74, 6) is -0.423. The number of amides is 1. The standard InChI is InChI=1S/C18H11N5O3S/c24-17(15-9-19-13-6-1-2-7-14(13)20-15)22-18-21-16(10-27-18)11-4-3-5-12(8-11)23(25)26/h1-10H,(H,21,22,24). The van der Waals surface area contributed by atoms with E-state index < -0.39 is 10.8 Å². The molecule has 4 rings (SSSR count). The Kier molecular flexibility index (Phi) is 4.27. The quantitative estimate of drug-likeness (QED) is 0.426. The summed E-state index contributed by atoms with van der Waals surface area (Å²) >= 11 is 1.22. The van der Waals surface area contributed by atoms with Gasteiger partial charge in [0.2, 0.25) is 0 Å². The van der Waals surface area contributed by atoms with Crippen LogP contribution in [0.4, 0.5) is 10.8 Å². The van der Waals surface area contributed by atoms with E-state index in [4.69, 9.17) is 0 Å². The molecule has 0 saturated carbocycles. The number of carbonyl (C=O) groups is 1. The zero-order valence-electron chi connectivity index (χ0n) is 13.7. The smallest absolute Gasteiger partial charge is 0.277 e. The number of aromatic nitrogens is 3. The number of fused-ring (bicyclic) bond motifs is 1. The summed E-state index contributed by atoms with van der Waals surface area (Å²) in [7, 11) is 0. The predicted octanol–water partition coefficient (Wildman–Crippen LogP) is 3.91. The topological polar surface area (TPSA) is 111 Å². The second kappa shape index (κ2) is 6.89. The van der Waals surface area contributed by atoms with Crippen LogP contribution in [0.25, 0.3) is 22.3 Å². The first-order valence-electron chi connectivity index (χ1n) is 7.84. The Morgan fingerprint density at radius 1 is 1.07 bits per heavy atom. The van der Waals surface area contributed by atoms with E-state index in [2.05, 4.69) is 20.3 Å². The van der Waals surface area contributed by atoms with Gasteiger partial charge in [-0.2, -0.15) is 0 Å². The highest BCUT2D eigenvalue weighted by molar-refractivity contribution is 7.14. The van der Waals surface area contributed by atoms with Crippen molar-refractivity contribution < 1.29 is 9.72 Å². The minimum absolute atomic E-state index is 0.0162. The third-order valence-corrected chi connectivity index (χ3v) is 4.52. The molecular formula is C18H11N5O3S. The summed E-state index contributed by atoms with van der Waals surface area (Å²) in [6, 6.07) is 13.4. The Bertz CT molecular complexity index is 1170. The molecule has 2 aromatic carbocycles. The van der Waals surface area contributed by atoms with Crippen LogP contribution in [0.5, 0.6) is 0 Å². The van der Waals surface area contributed by atoms with Gasteiger partial charge in [-0.3, -0.25) is 25.2 Å². The normalized spacial score (nSPS) is 10.7. The maximum absolute atomic E-state index is 12.4. The molecule has 8 nitrogen and oxygen atoms in total. The molecule has 4 aromatic rings. The van der Waals surface area contributed by atoms with Gasteiger partial charge in [0.15, 0.2) is 5.13 Å². The lowest BCUT2D eigenvalue weighted by Gasteiger charge is -2.02. The number of non-ortho nitro benzene ring substituents is 1. The summed E-state index contributed by atoms with van der Waals surface area (Å²) < 4.78 is 0. The van der Waals surface area contributed by atoms with Crippen LogP contribution in [0.3, 0.4) is 0 Å². The molecule has 0 unspecified atom stereocenters. The molecule has 1 N–H and O–H groups in total. The number of thiazole rings is 1. The molecule has 0 saturated heterocycles. The fraction of sp³-hybridized carbons (Fsp3) is 0. The van der Waals surface area contributed by atoms with E-state index in [9.17, 15) is 14.9 Å². The Labute approximate surface area is 156 Å². The molecular weight excluding hydrogens is 366 g/mol. The highest BCUT2D eigenvalue weighted by Crippen LogP contribution is 2.27. The van der Waals surface area contributed by atoms with Crippen LogP contribution >= 0.6 is 11.3 Å². The predicted molar refractivity (Wildman–Crippen MR) is 102 cm³/mol. The molecule has 0 fully saturated rings. The molecule has 27 heavy (non-hydrogen) atoms. The molecule has 0 spiro atoms. The van der Waals surface area contributed by atoms with Gasteiger partial charge in [-0.05, 0) is 12.1 Å². The average Bonchev–Trinajstić information content (AvgIpc) is 3.16. The van der Waals surface area contributed by atoms with Crippen LogP contribution in [-0.4, -0.2) is 25.8 Å². The Balaban J connectivity index is 1.55. The number of hydrogen-bond donors (Lipinski definition) is 1. The van der Waals surface area contributed by atoms with Gasteiger partial charge in [0.05, 0.1) is 27.8 Å². The fourth-order valence-corrected chi connectivity index (χ4v) is 3.19. The van der Waals surface area contributed by atoms with Crippen LogP contribution in [0.2, 0.25) is 0 Å². The van der Waals surface area contributed by atoms with Crippen molar-refractivity contribution >= 4 is 39.1 Å². The van der Waals surface area contributed by atoms with Crippen molar-refractivity contribution in [2.75, 3.05) is 5.32 Å². The fourth-order valence-electron chi connectivity index (χ4n) is 2.47. The number of para-hydroxylation sites is 2. The number of benzene rings is 2. The lowest BCUT2D eigenvalue weighted by atomic mass is 10.1. The molecule has 2 heterocycles. The average molecular weight is 377 g/mol. The first kappa shape index (κ1) is 16.7. The summed E-state index contributed by atoms with van der Waals surface area (Å²) in [4.78, 5) is 35.7. The van der Waals surface area contributed by atoms with Gasteiger partial charge in [-0.15, -0.1) is 11.3 Å². The molecule has 132 valence electrons. The van der Waals surface area contributed by atoms with Crippen LogP contribution < -0.4 is 5.32 Å². The maximum atomic E-state index is 12.4. The Morgan fingerprint density at radius 2 is 1.89 bits per heavy atom. The minimum atomic E-state index is -0.461. The van der Waals surface area contributed by atoms with Gasteiger partial charge >= 0.3 is 0 Å². The van der Waals surface area contributed by atoms with E-state index in [-0.39, 0.29) is 11.4 Å². The van der Waals surface area contributed by atoms with Crippen LogP contribution in [0, 0.1) is 10.1 Å². The molecule has 2 aromatic heterocycles. The van der Waals surface area contributed by atoms with E-state index in [1.54, 1.807) is 23.6 Å². The molecule has 0 bridgehead atoms. The van der Waals surface area contributed by atoms with E-state index in [1.807, 2.05) is 18.2 Å². The summed E-state index contributed by atoms with van der Waals surface area (Å²) in [5.41, 5.74) is 2.64. The van der Waals surface area contributed by atoms with Gasteiger partial charge in [0, 0.05) is 23.1 Å². The van der Waals surface area contributed by atoms with Gasteiger partial charge in [0.1, 0.15) is 5.69 Å².